The number of unbranched alkanes of at least 4 members (excludes halogenated alkanes) is 4. The molecule has 24 heavy (non-hydrogen) atoms. The SMILES string of the molecule is CCCCC[C@H](O)/C=C/[C@@H]1[C@@H](C/C=C\CCCCO)[C@@H](O)C[C@H]1O. The average molecular weight is 341 g/mol. The normalized spacial score (nSPS) is 29.0. The van der Waals surface area contributed by atoms with Gasteiger partial charge < -0.3 is 20.4 Å². The summed E-state index contributed by atoms with van der Waals surface area (Å²) in [4.78, 5) is 0. The second-order valence-corrected chi connectivity index (χ2v) is 6.99. The minimum Gasteiger partial charge on any atom is -0.396 e. The second-order valence-electron chi connectivity index (χ2n) is 6.99. The fourth-order valence-corrected chi connectivity index (χ4v) is 3.41. The maximum absolute atomic E-state index is 10.2. The van der Waals surface area contributed by atoms with E-state index in [0.717, 1.165) is 51.4 Å². The van der Waals surface area contributed by atoms with E-state index in [1.54, 1.807) is 6.08 Å². The number of hydrogen-bond donors (Lipinski definition) is 4. The van der Waals surface area contributed by atoms with Crippen molar-refractivity contribution < 1.29 is 20.4 Å². The molecule has 0 heterocycles. The van der Waals surface area contributed by atoms with Gasteiger partial charge in [-0.25, -0.2) is 0 Å². The minimum absolute atomic E-state index is 0.00758. The highest BCUT2D eigenvalue weighted by Gasteiger charge is 2.39. The Hall–Kier alpha value is -0.680. The van der Waals surface area contributed by atoms with Gasteiger partial charge in [0.2, 0.25) is 0 Å². The number of allylic oxidation sites excluding steroid dienone is 2. The van der Waals surface area contributed by atoms with Gasteiger partial charge in [0, 0.05) is 18.9 Å². The molecule has 0 saturated heterocycles. The quantitative estimate of drug-likeness (QED) is 0.325. The van der Waals surface area contributed by atoms with Crippen LogP contribution < -0.4 is 0 Å². The van der Waals surface area contributed by atoms with Crippen LogP contribution in [0.1, 0.15) is 64.7 Å². The molecule has 0 spiro atoms. The van der Waals surface area contributed by atoms with E-state index in [1.807, 2.05) is 6.08 Å². The van der Waals surface area contributed by atoms with Crippen LogP contribution in [0.15, 0.2) is 24.3 Å². The highest BCUT2D eigenvalue weighted by atomic mass is 16.3. The summed E-state index contributed by atoms with van der Waals surface area (Å²) in [6, 6.07) is 0. The van der Waals surface area contributed by atoms with Gasteiger partial charge in [-0.05, 0) is 38.0 Å². The average Bonchev–Trinajstić information content (AvgIpc) is 2.82. The van der Waals surface area contributed by atoms with E-state index < -0.39 is 18.3 Å². The Labute approximate surface area is 146 Å². The molecule has 1 aliphatic carbocycles. The van der Waals surface area contributed by atoms with Gasteiger partial charge in [-0.1, -0.05) is 50.5 Å². The third kappa shape index (κ3) is 7.93. The third-order valence-electron chi connectivity index (χ3n) is 4.93. The van der Waals surface area contributed by atoms with E-state index in [1.165, 1.54) is 0 Å². The lowest BCUT2D eigenvalue weighted by atomic mass is 9.89. The topological polar surface area (TPSA) is 80.9 Å². The van der Waals surface area contributed by atoms with E-state index in [-0.39, 0.29) is 18.4 Å². The smallest absolute Gasteiger partial charge is 0.0721 e. The molecule has 1 rings (SSSR count). The maximum atomic E-state index is 10.2. The summed E-state index contributed by atoms with van der Waals surface area (Å²) >= 11 is 0. The van der Waals surface area contributed by atoms with Crippen LogP contribution in [0, 0.1) is 11.8 Å². The van der Waals surface area contributed by atoms with Gasteiger partial charge in [0.15, 0.2) is 0 Å². The molecule has 4 heteroatoms. The van der Waals surface area contributed by atoms with E-state index in [2.05, 4.69) is 19.1 Å². The monoisotopic (exact) mass is 340 g/mol. The van der Waals surface area contributed by atoms with Gasteiger partial charge in [-0.3, -0.25) is 0 Å². The molecular formula is C20H36O4. The van der Waals surface area contributed by atoms with Gasteiger partial charge in [-0.15, -0.1) is 0 Å². The molecule has 0 aromatic carbocycles. The predicted octanol–water partition coefficient (Wildman–Crippen LogP) is 2.95. The van der Waals surface area contributed by atoms with Crippen LogP contribution in [0.3, 0.4) is 0 Å². The first-order valence-electron chi connectivity index (χ1n) is 9.58. The van der Waals surface area contributed by atoms with Gasteiger partial charge in [0.25, 0.3) is 0 Å². The fourth-order valence-electron chi connectivity index (χ4n) is 3.41. The first-order chi connectivity index (χ1) is 11.6. The summed E-state index contributed by atoms with van der Waals surface area (Å²) in [6.07, 6.45) is 14.3. The second kappa shape index (κ2) is 12.6. The molecule has 0 radical (unpaired) electrons. The molecule has 0 unspecified atom stereocenters. The lowest BCUT2D eigenvalue weighted by molar-refractivity contribution is 0.120. The van der Waals surface area contributed by atoms with Crippen LogP contribution in [-0.2, 0) is 0 Å². The number of hydrogen-bond acceptors (Lipinski definition) is 4. The summed E-state index contributed by atoms with van der Waals surface area (Å²) in [6.45, 7) is 2.37. The van der Waals surface area contributed by atoms with E-state index >= 15 is 0 Å². The Bertz CT molecular complexity index is 367. The predicted molar refractivity (Wildman–Crippen MR) is 97.6 cm³/mol. The number of rotatable bonds is 12. The van der Waals surface area contributed by atoms with Crippen molar-refractivity contribution in [3.05, 3.63) is 24.3 Å². The Kier molecular flexibility index (Phi) is 11.3. The molecular weight excluding hydrogens is 304 g/mol. The summed E-state index contributed by atoms with van der Waals surface area (Å²) in [5.41, 5.74) is 0. The molecule has 4 nitrogen and oxygen atoms in total. The molecule has 140 valence electrons. The Balaban J connectivity index is 2.46. The molecule has 1 aliphatic rings. The highest BCUT2D eigenvalue weighted by Crippen LogP contribution is 2.36. The Morgan fingerprint density at radius 2 is 1.83 bits per heavy atom. The van der Waals surface area contributed by atoms with Crippen LogP contribution in [0.5, 0.6) is 0 Å². The van der Waals surface area contributed by atoms with Crippen LogP contribution in [0.4, 0.5) is 0 Å². The third-order valence-corrected chi connectivity index (χ3v) is 4.93. The molecule has 0 bridgehead atoms. The standard InChI is InChI=1S/C20H36O4/c1-2-3-7-10-16(22)12-13-18-17(19(23)15-20(18)24)11-8-5-4-6-9-14-21/h5,8,12-13,16-24H,2-4,6-7,9-11,14-15H2,1H3/b8-5-,13-12+/t16-,17+,18+,19-,20+/m0/s1. The summed E-state index contributed by atoms with van der Waals surface area (Å²) in [7, 11) is 0. The maximum Gasteiger partial charge on any atom is 0.0721 e. The molecule has 4 N–H and O–H groups in total. The molecule has 1 saturated carbocycles. The fraction of sp³-hybridized carbons (Fsp3) is 0.800. The van der Waals surface area contributed by atoms with Gasteiger partial charge in [-0.2, -0.15) is 0 Å². The largest absolute Gasteiger partial charge is 0.396 e. The number of aliphatic hydroxyl groups is 4. The van der Waals surface area contributed by atoms with E-state index in [4.69, 9.17) is 5.11 Å². The molecule has 0 aliphatic heterocycles. The van der Waals surface area contributed by atoms with Crippen molar-refractivity contribution in [2.75, 3.05) is 6.61 Å². The zero-order valence-electron chi connectivity index (χ0n) is 15.1. The van der Waals surface area contributed by atoms with Crippen molar-refractivity contribution in [2.45, 2.75) is 83.0 Å². The number of aliphatic hydroxyl groups excluding tert-OH is 4. The zero-order valence-corrected chi connectivity index (χ0v) is 15.1. The first kappa shape index (κ1) is 21.4. The van der Waals surface area contributed by atoms with Crippen molar-refractivity contribution in [2.24, 2.45) is 11.8 Å². The van der Waals surface area contributed by atoms with Crippen LogP contribution in [0.25, 0.3) is 0 Å². The first-order valence-corrected chi connectivity index (χ1v) is 9.58. The van der Waals surface area contributed by atoms with Crippen molar-refractivity contribution >= 4 is 0 Å². The Morgan fingerprint density at radius 3 is 2.54 bits per heavy atom. The lowest BCUT2D eigenvalue weighted by Crippen LogP contribution is -2.20. The minimum atomic E-state index is -0.535. The molecule has 0 aromatic rings. The molecule has 5 atom stereocenters. The van der Waals surface area contributed by atoms with E-state index in [9.17, 15) is 15.3 Å². The van der Waals surface area contributed by atoms with Gasteiger partial charge in [0.1, 0.15) is 0 Å². The Morgan fingerprint density at radius 1 is 1.04 bits per heavy atom. The van der Waals surface area contributed by atoms with E-state index in [0.29, 0.717) is 6.42 Å². The highest BCUT2D eigenvalue weighted by molar-refractivity contribution is 5.06. The molecule has 0 aromatic heterocycles. The van der Waals surface area contributed by atoms with Crippen LogP contribution in [0.2, 0.25) is 0 Å². The van der Waals surface area contributed by atoms with Crippen molar-refractivity contribution in [1.29, 1.82) is 0 Å². The molecule has 0 amide bonds. The van der Waals surface area contributed by atoms with Gasteiger partial charge >= 0.3 is 0 Å². The van der Waals surface area contributed by atoms with Crippen molar-refractivity contribution in [3.63, 3.8) is 0 Å². The summed E-state index contributed by atoms with van der Waals surface area (Å²) in [5, 5.41) is 39.1. The summed E-state index contributed by atoms with van der Waals surface area (Å²) < 4.78 is 0. The lowest BCUT2D eigenvalue weighted by Gasteiger charge is -2.19. The zero-order chi connectivity index (χ0) is 17.8. The van der Waals surface area contributed by atoms with Crippen LogP contribution >= 0.6 is 0 Å². The molecule has 1 fully saturated rings. The van der Waals surface area contributed by atoms with Crippen molar-refractivity contribution in [3.8, 4) is 0 Å². The van der Waals surface area contributed by atoms with Crippen LogP contribution in [-0.4, -0.2) is 45.3 Å². The van der Waals surface area contributed by atoms with Gasteiger partial charge in [0.05, 0.1) is 18.3 Å². The summed E-state index contributed by atoms with van der Waals surface area (Å²) in [5.74, 6) is -0.0869. The van der Waals surface area contributed by atoms with Crippen molar-refractivity contribution in [1.82, 2.24) is 0 Å².